The van der Waals surface area contributed by atoms with Gasteiger partial charge in [-0.05, 0) is 101 Å². The molecule has 1 amide bonds. The Morgan fingerprint density at radius 1 is 1.12 bits per heavy atom. The average Bonchev–Trinajstić information content (AvgIpc) is 3.09. The Morgan fingerprint density at radius 2 is 1.88 bits per heavy atom. The second-order valence-electron chi connectivity index (χ2n) is 7.25. The number of rotatable bonds is 6. The van der Waals surface area contributed by atoms with Crippen LogP contribution in [0, 0.1) is 9.39 Å². The molecule has 174 valence electrons. The lowest BCUT2D eigenvalue weighted by Crippen LogP contribution is -2.28. The zero-order valence-corrected chi connectivity index (χ0v) is 22.4. The number of hydrogen-bond donors (Lipinski definition) is 0. The number of carbonyl (C=O) groups excluding carboxylic acids is 1. The first-order chi connectivity index (χ1) is 16.3. The van der Waals surface area contributed by atoms with Crippen LogP contribution in [0.25, 0.3) is 6.08 Å². The summed E-state index contributed by atoms with van der Waals surface area (Å²) in [4.78, 5) is 19.6. The SMILES string of the molecule is CCN1C(=O)/C(=C\c2ccc(OCc3ccc(Cl)cc3Cl)c(I)c2)SC1=Nc1ccc(F)cc1. The van der Waals surface area contributed by atoms with Gasteiger partial charge in [0.15, 0.2) is 5.17 Å². The van der Waals surface area contributed by atoms with Crippen LogP contribution in [-0.4, -0.2) is 22.5 Å². The molecule has 1 aliphatic heterocycles. The van der Waals surface area contributed by atoms with E-state index in [0.29, 0.717) is 44.7 Å². The van der Waals surface area contributed by atoms with Gasteiger partial charge in [-0.15, -0.1) is 0 Å². The van der Waals surface area contributed by atoms with Crippen molar-refractivity contribution in [3.8, 4) is 5.75 Å². The molecule has 0 saturated carbocycles. The number of thioether (sulfide) groups is 1. The lowest BCUT2D eigenvalue weighted by Gasteiger charge is -2.12. The van der Waals surface area contributed by atoms with Crippen molar-refractivity contribution >= 4 is 80.4 Å². The zero-order chi connectivity index (χ0) is 24.2. The van der Waals surface area contributed by atoms with E-state index in [2.05, 4.69) is 27.6 Å². The van der Waals surface area contributed by atoms with E-state index in [-0.39, 0.29) is 11.7 Å². The number of aliphatic imine (C=N–C) groups is 1. The van der Waals surface area contributed by atoms with E-state index in [1.54, 1.807) is 29.2 Å². The molecule has 0 N–H and O–H groups in total. The summed E-state index contributed by atoms with van der Waals surface area (Å²) in [6.45, 7) is 2.69. The molecule has 0 aliphatic carbocycles. The minimum absolute atomic E-state index is 0.110. The van der Waals surface area contributed by atoms with Crippen LogP contribution in [-0.2, 0) is 11.4 Å². The van der Waals surface area contributed by atoms with Gasteiger partial charge < -0.3 is 4.74 Å². The number of amidine groups is 1. The quantitative estimate of drug-likeness (QED) is 0.206. The first kappa shape index (κ1) is 25.0. The fourth-order valence-corrected chi connectivity index (χ4v) is 5.39. The Kier molecular flexibility index (Phi) is 8.18. The topological polar surface area (TPSA) is 41.9 Å². The van der Waals surface area contributed by atoms with Crippen LogP contribution >= 0.6 is 57.6 Å². The van der Waals surface area contributed by atoms with Crippen LogP contribution in [0.2, 0.25) is 10.0 Å². The number of likely N-dealkylation sites (N-methyl/N-ethyl adjacent to an activating group) is 1. The van der Waals surface area contributed by atoms with E-state index in [9.17, 15) is 9.18 Å². The van der Waals surface area contributed by atoms with Crippen molar-refractivity contribution in [2.45, 2.75) is 13.5 Å². The van der Waals surface area contributed by atoms with Gasteiger partial charge in [0.2, 0.25) is 0 Å². The molecular weight excluding hydrogens is 609 g/mol. The summed E-state index contributed by atoms with van der Waals surface area (Å²) in [5.74, 6) is 0.277. The third kappa shape index (κ3) is 5.94. The predicted molar refractivity (Wildman–Crippen MR) is 146 cm³/mol. The maximum absolute atomic E-state index is 13.2. The molecule has 0 bridgehead atoms. The highest BCUT2D eigenvalue weighted by Gasteiger charge is 2.32. The van der Waals surface area contributed by atoms with Crippen molar-refractivity contribution in [3.05, 3.63) is 96.1 Å². The second kappa shape index (κ2) is 11.1. The number of benzene rings is 3. The predicted octanol–water partition coefficient (Wildman–Crippen LogP) is 7.94. The molecule has 0 spiro atoms. The molecule has 0 atom stereocenters. The van der Waals surface area contributed by atoms with E-state index in [0.717, 1.165) is 14.7 Å². The maximum atomic E-state index is 13.2. The molecule has 1 heterocycles. The van der Waals surface area contributed by atoms with Crippen molar-refractivity contribution in [2.24, 2.45) is 4.99 Å². The van der Waals surface area contributed by atoms with Crippen LogP contribution in [0.3, 0.4) is 0 Å². The Bertz CT molecular complexity index is 1300. The molecule has 1 aliphatic rings. The lowest BCUT2D eigenvalue weighted by molar-refractivity contribution is -0.122. The van der Waals surface area contributed by atoms with Gasteiger partial charge in [0, 0.05) is 22.2 Å². The van der Waals surface area contributed by atoms with Crippen molar-refractivity contribution in [1.82, 2.24) is 4.90 Å². The molecule has 34 heavy (non-hydrogen) atoms. The highest BCUT2D eigenvalue weighted by molar-refractivity contribution is 14.1. The standard InChI is InChI=1S/C25H18Cl2FIN2O2S/c1-2-31-24(32)23(34-25(31)30-19-8-6-18(28)7-9-19)12-15-3-10-22(21(29)11-15)33-14-16-4-5-17(26)13-20(16)27/h3-13H,2,14H2,1H3/b23-12+,30-25?. The summed E-state index contributed by atoms with van der Waals surface area (Å²) in [7, 11) is 0. The summed E-state index contributed by atoms with van der Waals surface area (Å²) < 4.78 is 20.0. The Morgan fingerprint density at radius 3 is 2.56 bits per heavy atom. The van der Waals surface area contributed by atoms with Gasteiger partial charge >= 0.3 is 0 Å². The minimum Gasteiger partial charge on any atom is -0.488 e. The smallest absolute Gasteiger partial charge is 0.266 e. The summed E-state index contributed by atoms with van der Waals surface area (Å²) in [6, 6.07) is 16.9. The molecule has 1 fully saturated rings. The van der Waals surface area contributed by atoms with Crippen LogP contribution in [0.5, 0.6) is 5.75 Å². The Labute approximate surface area is 224 Å². The van der Waals surface area contributed by atoms with Crippen molar-refractivity contribution in [3.63, 3.8) is 0 Å². The number of amides is 1. The molecule has 3 aromatic rings. The largest absolute Gasteiger partial charge is 0.488 e. The van der Waals surface area contributed by atoms with E-state index in [4.69, 9.17) is 27.9 Å². The molecule has 3 aromatic carbocycles. The normalized spacial score (nSPS) is 16.0. The van der Waals surface area contributed by atoms with E-state index < -0.39 is 0 Å². The molecule has 1 saturated heterocycles. The van der Waals surface area contributed by atoms with Gasteiger partial charge in [-0.25, -0.2) is 9.38 Å². The summed E-state index contributed by atoms with van der Waals surface area (Å²) >= 11 is 15.7. The fraction of sp³-hybridized carbons (Fsp3) is 0.120. The number of carbonyl (C=O) groups is 1. The van der Waals surface area contributed by atoms with Gasteiger partial charge in [-0.2, -0.15) is 0 Å². The van der Waals surface area contributed by atoms with Crippen LogP contribution in [0.15, 0.2) is 70.6 Å². The number of halogens is 4. The highest BCUT2D eigenvalue weighted by atomic mass is 127. The van der Waals surface area contributed by atoms with Crippen molar-refractivity contribution in [2.75, 3.05) is 6.54 Å². The van der Waals surface area contributed by atoms with Crippen molar-refractivity contribution in [1.29, 1.82) is 0 Å². The van der Waals surface area contributed by atoms with Crippen LogP contribution in [0.1, 0.15) is 18.1 Å². The second-order valence-corrected chi connectivity index (χ2v) is 10.3. The van der Waals surface area contributed by atoms with Gasteiger partial charge in [0.1, 0.15) is 18.2 Å². The Hall–Kier alpha value is -2.07. The van der Waals surface area contributed by atoms with Gasteiger partial charge in [0.05, 0.1) is 14.2 Å². The van der Waals surface area contributed by atoms with Gasteiger partial charge in [-0.3, -0.25) is 9.69 Å². The first-order valence-electron chi connectivity index (χ1n) is 10.3. The lowest BCUT2D eigenvalue weighted by atomic mass is 10.2. The fourth-order valence-electron chi connectivity index (χ4n) is 3.17. The average molecular weight is 627 g/mol. The Balaban J connectivity index is 1.51. The monoisotopic (exact) mass is 626 g/mol. The summed E-state index contributed by atoms with van der Waals surface area (Å²) in [5.41, 5.74) is 2.30. The van der Waals surface area contributed by atoms with E-state index >= 15 is 0 Å². The summed E-state index contributed by atoms with van der Waals surface area (Å²) in [6.07, 6.45) is 1.84. The highest BCUT2D eigenvalue weighted by Crippen LogP contribution is 2.35. The van der Waals surface area contributed by atoms with E-state index in [1.807, 2.05) is 37.3 Å². The third-order valence-corrected chi connectivity index (χ3v) is 7.34. The van der Waals surface area contributed by atoms with Crippen molar-refractivity contribution < 1.29 is 13.9 Å². The minimum atomic E-state index is -0.328. The molecule has 9 heteroatoms. The van der Waals surface area contributed by atoms with Gasteiger partial charge in [-0.1, -0.05) is 35.3 Å². The van der Waals surface area contributed by atoms with Crippen LogP contribution < -0.4 is 4.74 Å². The van der Waals surface area contributed by atoms with Crippen LogP contribution in [0.4, 0.5) is 10.1 Å². The molecule has 4 nitrogen and oxygen atoms in total. The zero-order valence-electron chi connectivity index (χ0n) is 17.9. The van der Waals surface area contributed by atoms with E-state index in [1.165, 1.54) is 23.9 Å². The maximum Gasteiger partial charge on any atom is 0.266 e. The molecule has 0 radical (unpaired) electrons. The first-order valence-corrected chi connectivity index (χ1v) is 12.9. The number of hydrogen-bond acceptors (Lipinski definition) is 4. The molecule has 0 unspecified atom stereocenters. The number of ether oxygens (including phenoxy) is 1. The molecular formula is C25H18Cl2FIN2O2S. The number of nitrogens with zero attached hydrogens (tertiary/aromatic N) is 2. The third-order valence-electron chi connectivity index (χ3n) is 4.91. The summed E-state index contributed by atoms with van der Waals surface area (Å²) in [5, 5.41) is 1.70. The van der Waals surface area contributed by atoms with Gasteiger partial charge in [0.25, 0.3) is 5.91 Å². The molecule has 4 rings (SSSR count). The molecule has 0 aromatic heterocycles.